The zero-order chi connectivity index (χ0) is 20.1. The number of amides is 2. The van der Waals surface area contributed by atoms with Gasteiger partial charge >= 0.3 is 6.03 Å². The Morgan fingerprint density at radius 1 is 1.18 bits per heavy atom. The van der Waals surface area contributed by atoms with Crippen molar-refractivity contribution >= 4 is 6.03 Å². The van der Waals surface area contributed by atoms with E-state index in [0.29, 0.717) is 13.1 Å². The van der Waals surface area contributed by atoms with Crippen LogP contribution in [0.1, 0.15) is 33.3 Å². The van der Waals surface area contributed by atoms with Crippen LogP contribution < -0.4 is 10.6 Å². The molecule has 152 valence electrons. The number of rotatable bonds is 6. The van der Waals surface area contributed by atoms with Crippen molar-refractivity contribution in [1.29, 1.82) is 0 Å². The van der Waals surface area contributed by atoms with Gasteiger partial charge in [0.05, 0.1) is 24.1 Å². The molecular formula is C21H31N5O2. The number of benzene rings is 1. The Balaban J connectivity index is 1.46. The first-order chi connectivity index (χ1) is 13.3. The summed E-state index contributed by atoms with van der Waals surface area (Å²) in [7, 11) is 0. The maximum Gasteiger partial charge on any atom is 0.315 e. The number of morpholine rings is 1. The molecule has 2 amide bonds. The minimum absolute atomic E-state index is 0.137. The number of urea groups is 1. The molecule has 3 rings (SSSR count). The molecule has 1 fully saturated rings. The molecule has 1 aromatic carbocycles. The van der Waals surface area contributed by atoms with Crippen LogP contribution in [-0.4, -0.2) is 58.1 Å². The number of carbonyl (C=O) groups is 1. The highest BCUT2D eigenvalue weighted by molar-refractivity contribution is 5.73. The summed E-state index contributed by atoms with van der Waals surface area (Å²) in [5, 5.41) is 10.3. The van der Waals surface area contributed by atoms with E-state index in [0.717, 1.165) is 24.3 Å². The van der Waals surface area contributed by atoms with Crippen LogP contribution in [0.3, 0.4) is 0 Å². The summed E-state index contributed by atoms with van der Waals surface area (Å²) in [5.74, 6) is 0. The van der Waals surface area contributed by atoms with Gasteiger partial charge in [0.2, 0.25) is 0 Å². The van der Waals surface area contributed by atoms with Crippen molar-refractivity contribution in [3.63, 3.8) is 0 Å². The summed E-state index contributed by atoms with van der Waals surface area (Å²) in [4.78, 5) is 14.6. The van der Waals surface area contributed by atoms with Gasteiger partial charge in [0.1, 0.15) is 0 Å². The van der Waals surface area contributed by atoms with Gasteiger partial charge in [-0.25, -0.2) is 9.48 Å². The maximum atomic E-state index is 12.3. The van der Waals surface area contributed by atoms with E-state index >= 15 is 0 Å². The molecule has 7 heteroatoms. The minimum Gasteiger partial charge on any atom is -0.373 e. The Hall–Kier alpha value is -2.38. The van der Waals surface area contributed by atoms with Gasteiger partial charge in [0, 0.05) is 43.5 Å². The Bertz CT molecular complexity index is 764. The molecule has 1 aliphatic heterocycles. The quantitative estimate of drug-likeness (QED) is 0.802. The van der Waals surface area contributed by atoms with Gasteiger partial charge in [-0.3, -0.25) is 4.90 Å². The van der Waals surface area contributed by atoms with E-state index in [2.05, 4.69) is 48.3 Å². The molecule has 28 heavy (non-hydrogen) atoms. The van der Waals surface area contributed by atoms with Crippen LogP contribution in [0.4, 0.5) is 4.79 Å². The highest BCUT2D eigenvalue weighted by atomic mass is 16.5. The fraction of sp³-hybridized carbons (Fsp3) is 0.524. The molecule has 2 N–H and O–H groups in total. The molecule has 2 heterocycles. The number of aromatic nitrogens is 2. The lowest BCUT2D eigenvalue weighted by Gasteiger charge is -2.45. The van der Waals surface area contributed by atoms with E-state index in [9.17, 15) is 4.79 Å². The summed E-state index contributed by atoms with van der Waals surface area (Å²) in [6.45, 7) is 11.2. The van der Waals surface area contributed by atoms with Gasteiger partial charge in [-0.15, -0.1) is 0 Å². The topological polar surface area (TPSA) is 71.4 Å². The third-order valence-electron chi connectivity index (χ3n) is 5.07. The van der Waals surface area contributed by atoms with E-state index in [1.54, 1.807) is 10.9 Å². The highest BCUT2D eigenvalue weighted by Crippen LogP contribution is 2.20. The number of nitrogens with zero attached hydrogens (tertiary/aromatic N) is 3. The van der Waals surface area contributed by atoms with Crippen LogP contribution in [0.5, 0.6) is 0 Å². The first-order valence-corrected chi connectivity index (χ1v) is 9.85. The second-order valence-electron chi connectivity index (χ2n) is 8.14. The number of para-hydroxylation sites is 1. The Labute approximate surface area is 167 Å². The van der Waals surface area contributed by atoms with E-state index in [1.165, 1.54) is 0 Å². The molecule has 0 aliphatic carbocycles. The molecule has 0 spiro atoms. The number of hydrogen-bond acceptors (Lipinski definition) is 4. The van der Waals surface area contributed by atoms with Crippen molar-refractivity contribution in [2.24, 2.45) is 0 Å². The summed E-state index contributed by atoms with van der Waals surface area (Å²) in [6, 6.07) is 9.73. The molecule has 0 radical (unpaired) electrons. The first kappa shape index (κ1) is 20.4. The van der Waals surface area contributed by atoms with Crippen molar-refractivity contribution in [1.82, 2.24) is 25.3 Å². The predicted molar refractivity (Wildman–Crippen MR) is 109 cm³/mol. The molecule has 7 nitrogen and oxygen atoms in total. The Morgan fingerprint density at radius 3 is 2.54 bits per heavy atom. The predicted octanol–water partition coefficient (Wildman–Crippen LogP) is 2.56. The minimum atomic E-state index is -0.171. The van der Waals surface area contributed by atoms with Crippen LogP contribution in [0, 0.1) is 0 Å². The van der Waals surface area contributed by atoms with Gasteiger partial charge in [0.25, 0.3) is 0 Å². The number of carbonyl (C=O) groups excluding carboxylic acids is 1. The second kappa shape index (κ2) is 8.75. The lowest BCUT2D eigenvalue weighted by atomic mass is 10.00. The fourth-order valence-electron chi connectivity index (χ4n) is 3.50. The van der Waals surface area contributed by atoms with Gasteiger partial charge in [-0.2, -0.15) is 5.10 Å². The monoisotopic (exact) mass is 385 g/mol. The van der Waals surface area contributed by atoms with Crippen LogP contribution >= 0.6 is 0 Å². The third kappa shape index (κ3) is 5.33. The van der Waals surface area contributed by atoms with Crippen molar-refractivity contribution in [3.8, 4) is 5.69 Å². The van der Waals surface area contributed by atoms with Crippen molar-refractivity contribution in [2.45, 2.75) is 52.0 Å². The molecule has 0 bridgehead atoms. The third-order valence-corrected chi connectivity index (χ3v) is 5.07. The van der Waals surface area contributed by atoms with Gasteiger partial charge < -0.3 is 15.4 Å². The first-order valence-electron chi connectivity index (χ1n) is 9.85. The molecular weight excluding hydrogens is 354 g/mol. The van der Waals surface area contributed by atoms with E-state index in [1.807, 2.05) is 36.5 Å². The SMILES string of the molecule is C[C@@H]1CN(C(C)(C)CNC(=O)NCc2cnn(-c3ccccc3)c2)C[C@H](C)O1. The van der Waals surface area contributed by atoms with Gasteiger partial charge in [-0.1, -0.05) is 18.2 Å². The number of hydrogen-bond donors (Lipinski definition) is 2. The van der Waals surface area contributed by atoms with Crippen LogP contribution in [0.2, 0.25) is 0 Å². The van der Waals surface area contributed by atoms with Crippen LogP contribution in [-0.2, 0) is 11.3 Å². The maximum absolute atomic E-state index is 12.3. The average Bonchev–Trinajstić information content (AvgIpc) is 3.14. The summed E-state index contributed by atoms with van der Waals surface area (Å²) in [5.41, 5.74) is 1.81. The summed E-state index contributed by atoms with van der Waals surface area (Å²) in [6.07, 6.45) is 4.11. The van der Waals surface area contributed by atoms with Crippen LogP contribution in [0.15, 0.2) is 42.7 Å². The smallest absolute Gasteiger partial charge is 0.315 e. The van der Waals surface area contributed by atoms with E-state index in [-0.39, 0.29) is 23.8 Å². The molecule has 1 aromatic heterocycles. The molecule has 1 aliphatic rings. The Morgan fingerprint density at radius 2 is 1.86 bits per heavy atom. The largest absolute Gasteiger partial charge is 0.373 e. The standard InChI is InChI=1S/C21H31N5O2/c1-16-12-25(13-17(2)28-16)21(3,4)15-23-20(27)22-10-18-11-24-26(14-18)19-8-6-5-7-9-19/h5-9,11,14,16-17H,10,12-13,15H2,1-4H3,(H2,22,23,27)/t16-,17+. The lowest BCUT2D eigenvalue weighted by molar-refractivity contribution is -0.0947. The molecule has 2 atom stereocenters. The zero-order valence-electron chi connectivity index (χ0n) is 17.2. The van der Waals surface area contributed by atoms with Crippen LogP contribution in [0.25, 0.3) is 5.69 Å². The zero-order valence-corrected chi connectivity index (χ0v) is 17.2. The number of ether oxygens (including phenoxy) is 1. The van der Waals surface area contributed by atoms with Gasteiger partial charge in [-0.05, 0) is 39.8 Å². The number of nitrogens with one attached hydrogen (secondary N) is 2. The molecule has 2 aromatic rings. The fourth-order valence-corrected chi connectivity index (χ4v) is 3.50. The summed E-state index contributed by atoms with van der Waals surface area (Å²) < 4.78 is 7.61. The van der Waals surface area contributed by atoms with Crippen molar-refractivity contribution < 1.29 is 9.53 Å². The lowest BCUT2D eigenvalue weighted by Crippen LogP contribution is -2.59. The summed E-state index contributed by atoms with van der Waals surface area (Å²) >= 11 is 0. The average molecular weight is 386 g/mol. The van der Waals surface area contributed by atoms with E-state index in [4.69, 9.17) is 4.74 Å². The van der Waals surface area contributed by atoms with E-state index < -0.39 is 0 Å². The highest BCUT2D eigenvalue weighted by Gasteiger charge is 2.33. The molecule has 0 unspecified atom stereocenters. The Kier molecular flexibility index (Phi) is 6.36. The normalized spacial score (nSPS) is 20.7. The second-order valence-corrected chi connectivity index (χ2v) is 8.14. The molecule has 1 saturated heterocycles. The van der Waals surface area contributed by atoms with Crippen molar-refractivity contribution in [2.75, 3.05) is 19.6 Å². The van der Waals surface area contributed by atoms with Gasteiger partial charge in [0.15, 0.2) is 0 Å². The molecule has 0 saturated carbocycles. The van der Waals surface area contributed by atoms with Crippen molar-refractivity contribution in [3.05, 3.63) is 48.3 Å².